The van der Waals surface area contributed by atoms with E-state index in [4.69, 9.17) is 4.74 Å². The molecule has 2 aromatic carbocycles. The Morgan fingerprint density at radius 1 is 1.00 bits per heavy atom. The second-order valence-corrected chi connectivity index (χ2v) is 8.81. The van der Waals surface area contributed by atoms with Crippen molar-refractivity contribution in [3.8, 4) is 16.9 Å². The summed E-state index contributed by atoms with van der Waals surface area (Å²) in [6.07, 6.45) is 11.6. The maximum atomic E-state index is 14.5. The van der Waals surface area contributed by atoms with Crippen LogP contribution in [-0.4, -0.2) is 6.61 Å². The number of benzene rings is 2. The van der Waals surface area contributed by atoms with Gasteiger partial charge in [0, 0.05) is 0 Å². The van der Waals surface area contributed by atoms with E-state index in [1.165, 1.54) is 50.7 Å². The van der Waals surface area contributed by atoms with E-state index >= 15 is 0 Å². The fourth-order valence-corrected chi connectivity index (χ4v) is 4.77. The van der Waals surface area contributed by atoms with Crippen LogP contribution in [0.4, 0.5) is 13.2 Å². The normalized spacial score (nSPS) is 19.1. The molecule has 1 fully saturated rings. The summed E-state index contributed by atoms with van der Waals surface area (Å²) >= 11 is 0. The molecule has 0 unspecified atom stereocenters. The molecule has 0 spiro atoms. The molecule has 0 bridgehead atoms. The highest BCUT2D eigenvalue weighted by atomic mass is 19.3. The van der Waals surface area contributed by atoms with Crippen LogP contribution in [0.3, 0.4) is 0 Å². The minimum atomic E-state index is -2.91. The summed E-state index contributed by atoms with van der Waals surface area (Å²) in [4.78, 5) is 0. The van der Waals surface area contributed by atoms with Crippen LogP contribution in [0.1, 0.15) is 76.3 Å². The van der Waals surface area contributed by atoms with E-state index in [1.54, 1.807) is 19.1 Å². The lowest BCUT2D eigenvalue weighted by Crippen LogP contribution is -2.12. The zero-order valence-electron chi connectivity index (χ0n) is 19.3. The van der Waals surface area contributed by atoms with Gasteiger partial charge in [0.15, 0.2) is 11.6 Å². The summed E-state index contributed by atoms with van der Waals surface area (Å²) in [5.74, 6) is 0.538. The molecule has 0 atom stereocenters. The first kappa shape index (κ1) is 24.4. The highest BCUT2D eigenvalue weighted by Gasteiger charge is 2.23. The number of ether oxygens (including phenoxy) is 1. The molecular weight excluding hydrogens is 409 g/mol. The quantitative estimate of drug-likeness (QED) is 0.332. The van der Waals surface area contributed by atoms with Crippen LogP contribution in [-0.2, 0) is 6.42 Å². The van der Waals surface area contributed by atoms with Crippen molar-refractivity contribution in [2.24, 2.45) is 11.8 Å². The Kier molecular flexibility index (Phi) is 9.25. The molecule has 1 aliphatic rings. The van der Waals surface area contributed by atoms with Crippen molar-refractivity contribution in [2.75, 3.05) is 6.61 Å². The van der Waals surface area contributed by atoms with Gasteiger partial charge in [-0.1, -0.05) is 56.2 Å². The average molecular weight is 445 g/mol. The van der Waals surface area contributed by atoms with E-state index in [1.807, 2.05) is 12.1 Å². The molecule has 3 rings (SSSR count). The molecule has 0 aromatic heterocycles. The van der Waals surface area contributed by atoms with Crippen molar-refractivity contribution in [3.05, 3.63) is 65.5 Å². The van der Waals surface area contributed by atoms with Crippen LogP contribution in [0.15, 0.2) is 48.6 Å². The number of allylic oxidation sites excluding steroid dienone is 2. The van der Waals surface area contributed by atoms with Gasteiger partial charge in [0.05, 0.1) is 12.2 Å². The number of hydrogen-bond donors (Lipinski definition) is 0. The zero-order chi connectivity index (χ0) is 22.9. The minimum Gasteiger partial charge on any atom is -0.491 e. The molecule has 174 valence electrons. The van der Waals surface area contributed by atoms with E-state index in [2.05, 4.69) is 19.1 Å². The molecule has 0 aliphatic heterocycles. The third kappa shape index (κ3) is 6.40. The van der Waals surface area contributed by atoms with Gasteiger partial charge in [-0.05, 0) is 86.1 Å². The van der Waals surface area contributed by atoms with E-state index in [0.717, 1.165) is 24.3 Å². The van der Waals surface area contributed by atoms with Crippen molar-refractivity contribution >= 4 is 0 Å². The van der Waals surface area contributed by atoms with Gasteiger partial charge in [-0.15, -0.1) is 0 Å². The molecule has 1 saturated carbocycles. The minimum absolute atomic E-state index is 0.131. The van der Waals surface area contributed by atoms with Crippen LogP contribution < -0.4 is 4.74 Å². The lowest BCUT2D eigenvalue weighted by molar-refractivity contribution is 0.145. The molecule has 1 aliphatic carbocycles. The fraction of sp³-hybridized carbons (Fsp3) is 0.500. The van der Waals surface area contributed by atoms with Crippen LogP contribution in [0.25, 0.3) is 11.1 Å². The molecule has 0 radical (unpaired) electrons. The zero-order valence-corrected chi connectivity index (χ0v) is 19.3. The van der Waals surface area contributed by atoms with Gasteiger partial charge in [0.25, 0.3) is 6.43 Å². The van der Waals surface area contributed by atoms with Gasteiger partial charge in [0.1, 0.15) is 0 Å². The topological polar surface area (TPSA) is 9.23 Å². The molecule has 1 nitrogen and oxygen atoms in total. The largest absolute Gasteiger partial charge is 0.491 e. The Bertz CT molecular complexity index is 865. The maximum Gasteiger partial charge on any atom is 0.267 e. The second-order valence-electron chi connectivity index (χ2n) is 8.81. The third-order valence-corrected chi connectivity index (χ3v) is 6.52. The van der Waals surface area contributed by atoms with Gasteiger partial charge in [0.2, 0.25) is 0 Å². The van der Waals surface area contributed by atoms with Gasteiger partial charge in [-0.3, -0.25) is 0 Å². The van der Waals surface area contributed by atoms with Gasteiger partial charge < -0.3 is 4.74 Å². The van der Waals surface area contributed by atoms with Crippen LogP contribution in [0, 0.1) is 17.7 Å². The lowest BCUT2D eigenvalue weighted by atomic mass is 9.80. The molecule has 0 heterocycles. The van der Waals surface area contributed by atoms with Gasteiger partial charge in [-0.2, -0.15) is 0 Å². The van der Waals surface area contributed by atoms with Crippen molar-refractivity contribution in [1.29, 1.82) is 0 Å². The van der Waals surface area contributed by atoms with E-state index in [0.29, 0.717) is 11.5 Å². The summed E-state index contributed by atoms with van der Waals surface area (Å²) < 4.78 is 46.9. The van der Waals surface area contributed by atoms with Crippen molar-refractivity contribution in [1.82, 2.24) is 0 Å². The second kappa shape index (κ2) is 12.1. The molecule has 32 heavy (non-hydrogen) atoms. The predicted molar refractivity (Wildman–Crippen MR) is 126 cm³/mol. The number of aryl methyl sites for hydroxylation is 1. The van der Waals surface area contributed by atoms with Crippen molar-refractivity contribution < 1.29 is 17.9 Å². The SMILES string of the molecule is CCCC1CCC(C=CCCc2ccc(-c3ccc(OCC)c(F)c3C(F)F)cc2)CC1. The molecule has 2 aromatic rings. The first-order valence-electron chi connectivity index (χ1n) is 12.0. The Morgan fingerprint density at radius 2 is 1.72 bits per heavy atom. The summed E-state index contributed by atoms with van der Waals surface area (Å²) in [7, 11) is 0. The summed E-state index contributed by atoms with van der Waals surface area (Å²) in [6.45, 7) is 4.19. The van der Waals surface area contributed by atoms with E-state index in [9.17, 15) is 13.2 Å². The van der Waals surface area contributed by atoms with E-state index < -0.39 is 17.8 Å². The Hall–Kier alpha value is -2.23. The number of rotatable bonds is 10. The molecule has 0 amide bonds. The predicted octanol–water partition coefficient (Wildman–Crippen LogP) is 8.92. The first-order valence-corrected chi connectivity index (χ1v) is 12.0. The average Bonchev–Trinajstić information content (AvgIpc) is 2.79. The first-order chi connectivity index (χ1) is 15.5. The fourth-order valence-electron chi connectivity index (χ4n) is 4.77. The van der Waals surface area contributed by atoms with Gasteiger partial charge >= 0.3 is 0 Å². The number of halogens is 3. The summed E-state index contributed by atoms with van der Waals surface area (Å²) in [6, 6.07) is 10.4. The molecule has 0 N–H and O–H groups in total. The Morgan fingerprint density at radius 3 is 2.34 bits per heavy atom. The van der Waals surface area contributed by atoms with Crippen LogP contribution >= 0.6 is 0 Å². The standard InChI is InChI=1S/C28H35F3O/c1-3-7-20-10-12-21(13-11-20)8-5-6-9-22-14-16-23(17-15-22)24-18-19-25(32-4-2)27(29)26(24)28(30)31/h5,8,14-21,28H,3-4,6-7,9-13H2,1-2H3. The number of hydrogen-bond acceptors (Lipinski definition) is 1. The molecule has 4 heteroatoms. The lowest BCUT2D eigenvalue weighted by Gasteiger charge is -2.26. The highest BCUT2D eigenvalue weighted by Crippen LogP contribution is 2.37. The number of alkyl halides is 2. The van der Waals surface area contributed by atoms with Crippen molar-refractivity contribution in [2.45, 2.75) is 71.6 Å². The maximum absolute atomic E-state index is 14.5. The summed E-state index contributed by atoms with van der Waals surface area (Å²) in [5, 5.41) is 0. The highest BCUT2D eigenvalue weighted by molar-refractivity contribution is 5.69. The van der Waals surface area contributed by atoms with Gasteiger partial charge in [-0.25, -0.2) is 13.2 Å². The Balaban J connectivity index is 1.58. The third-order valence-electron chi connectivity index (χ3n) is 6.52. The molecular formula is C28H35F3O. The van der Waals surface area contributed by atoms with E-state index in [-0.39, 0.29) is 17.9 Å². The monoisotopic (exact) mass is 444 g/mol. The molecule has 0 saturated heterocycles. The summed E-state index contributed by atoms with van der Waals surface area (Å²) in [5.41, 5.74) is 1.35. The van der Waals surface area contributed by atoms with Crippen molar-refractivity contribution in [3.63, 3.8) is 0 Å². The smallest absolute Gasteiger partial charge is 0.267 e. The Labute approximate surface area is 190 Å². The van der Waals surface area contributed by atoms with Crippen LogP contribution in [0.5, 0.6) is 5.75 Å². The van der Waals surface area contributed by atoms with Crippen LogP contribution in [0.2, 0.25) is 0 Å².